The fourth-order valence-electron chi connectivity index (χ4n) is 1.64. The first-order valence-electron chi connectivity index (χ1n) is 5.79. The Balaban J connectivity index is 2.25. The molecule has 92 valence electrons. The number of rotatable bonds is 5. The summed E-state index contributed by atoms with van der Waals surface area (Å²) in [4.78, 5) is 9.03. The maximum absolute atomic E-state index is 5.52. The minimum atomic E-state index is 0.632. The minimum Gasteiger partial charge on any atom is -0.330 e. The Kier molecular flexibility index (Phi) is 3.86. The molecule has 0 aromatic carbocycles. The second kappa shape index (κ2) is 5.37. The molecular formula is C11H17N5S. The molecule has 0 atom stereocenters. The van der Waals surface area contributed by atoms with Gasteiger partial charge in [-0.25, -0.2) is 14.6 Å². The van der Waals surface area contributed by atoms with Gasteiger partial charge in [0.25, 0.3) is 0 Å². The van der Waals surface area contributed by atoms with Gasteiger partial charge >= 0.3 is 0 Å². The van der Waals surface area contributed by atoms with Gasteiger partial charge in [-0.2, -0.15) is 5.10 Å². The van der Waals surface area contributed by atoms with Gasteiger partial charge in [-0.05, 0) is 13.0 Å². The summed E-state index contributed by atoms with van der Waals surface area (Å²) in [5.41, 5.74) is 6.41. The lowest BCUT2D eigenvalue weighted by Gasteiger charge is -1.93. The molecule has 2 aromatic rings. The monoisotopic (exact) mass is 251 g/mol. The van der Waals surface area contributed by atoms with Crippen LogP contribution in [-0.4, -0.2) is 26.3 Å². The summed E-state index contributed by atoms with van der Waals surface area (Å²) in [5.74, 6) is 1.73. The molecule has 0 aliphatic carbocycles. The van der Waals surface area contributed by atoms with Crippen molar-refractivity contribution < 1.29 is 0 Å². The van der Waals surface area contributed by atoms with Gasteiger partial charge in [-0.15, -0.1) is 11.3 Å². The molecule has 2 N–H and O–H groups in total. The van der Waals surface area contributed by atoms with Crippen molar-refractivity contribution in [3.05, 3.63) is 16.2 Å². The van der Waals surface area contributed by atoms with E-state index in [1.807, 2.05) is 12.4 Å². The molecule has 2 aromatic heterocycles. The maximum Gasteiger partial charge on any atom is 0.177 e. The van der Waals surface area contributed by atoms with Crippen molar-refractivity contribution in [2.75, 3.05) is 6.54 Å². The normalized spacial score (nSPS) is 11.0. The number of nitrogens with two attached hydrogens (primary N) is 1. The number of hydrogen-bond donors (Lipinski definition) is 1. The van der Waals surface area contributed by atoms with Gasteiger partial charge in [0.1, 0.15) is 5.69 Å². The van der Waals surface area contributed by atoms with E-state index in [1.165, 1.54) is 0 Å². The van der Waals surface area contributed by atoms with Crippen molar-refractivity contribution in [2.24, 2.45) is 12.8 Å². The number of aryl methyl sites for hydroxylation is 2. The summed E-state index contributed by atoms with van der Waals surface area (Å²) >= 11 is 1.63. The number of thiazole rings is 1. The fraction of sp³-hybridized carbons (Fsp3) is 0.545. The highest BCUT2D eigenvalue weighted by Gasteiger charge is 2.12. The molecule has 0 unspecified atom stereocenters. The van der Waals surface area contributed by atoms with E-state index in [2.05, 4.69) is 22.0 Å². The molecule has 0 aliphatic heterocycles. The van der Waals surface area contributed by atoms with Crippen LogP contribution in [0.2, 0.25) is 0 Å². The zero-order valence-electron chi connectivity index (χ0n) is 10.2. The summed E-state index contributed by atoms with van der Waals surface area (Å²) < 4.78 is 1.80. The SMILES string of the molecule is CCCc1nc(-c2csc(CCN)n2)n(C)n1. The Bertz CT molecular complexity index is 488. The first kappa shape index (κ1) is 12.2. The van der Waals surface area contributed by atoms with Crippen LogP contribution < -0.4 is 5.73 Å². The molecule has 0 aliphatic rings. The molecule has 0 radical (unpaired) electrons. The predicted molar refractivity (Wildman–Crippen MR) is 68.9 cm³/mol. The molecule has 0 bridgehead atoms. The number of aromatic nitrogens is 4. The van der Waals surface area contributed by atoms with Crippen molar-refractivity contribution >= 4 is 11.3 Å². The fourth-order valence-corrected chi connectivity index (χ4v) is 2.43. The highest BCUT2D eigenvalue weighted by molar-refractivity contribution is 7.09. The van der Waals surface area contributed by atoms with Crippen LogP contribution in [0.25, 0.3) is 11.5 Å². The van der Waals surface area contributed by atoms with Gasteiger partial charge in [0.2, 0.25) is 0 Å². The summed E-state index contributed by atoms with van der Waals surface area (Å²) in [6.45, 7) is 2.76. The van der Waals surface area contributed by atoms with Crippen LogP contribution >= 0.6 is 11.3 Å². The van der Waals surface area contributed by atoms with Crippen LogP contribution in [0.4, 0.5) is 0 Å². The highest BCUT2D eigenvalue weighted by atomic mass is 32.1. The number of hydrogen-bond acceptors (Lipinski definition) is 5. The first-order chi connectivity index (χ1) is 8.24. The second-order valence-electron chi connectivity index (χ2n) is 3.89. The third-order valence-electron chi connectivity index (χ3n) is 2.42. The summed E-state index contributed by atoms with van der Waals surface area (Å²) in [7, 11) is 1.91. The molecule has 2 rings (SSSR count). The topological polar surface area (TPSA) is 69.6 Å². The van der Waals surface area contributed by atoms with Crippen LogP contribution in [0, 0.1) is 0 Å². The first-order valence-corrected chi connectivity index (χ1v) is 6.67. The van der Waals surface area contributed by atoms with Crippen LogP contribution in [0.5, 0.6) is 0 Å². The quantitative estimate of drug-likeness (QED) is 0.872. The van der Waals surface area contributed by atoms with Gasteiger partial charge in [-0.1, -0.05) is 6.92 Å². The molecule has 6 heteroatoms. The lowest BCUT2D eigenvalue weighted by molar-refractivity contribution is 0.736. The largest absolute Gasteiger partial charge is 0.330 e. The highest BCUT2D eigenvalue weighted by Crippen LogP contribution is 2.20. The van der Waals surface area contributed by atoms with Gasteiger partial charge in [0.05, 0.1) is 5.01 Å². The van der Waals surface area contributed by atoms with Crippen LogP contribution in [0.15, 0.2) is 5.38 Å². The standard InChI is InChI=1S/C11H17N5S/c1-3-4-9-14-11(16(2)15-9)8-7-17-10(13-8)5-6-12/h7H,3-6,12H2,1-2H3. The summed E-state index contributed by atoms with van der Waals surface area (Å²) in [5, 5.41) is 7.45. The molecule has 0 spiro atoms. The van der Waals surface area contributed by atoms with E-state index < -0.39 is 0 Å². The Hall–Kier alpha value is -1.27. The van der Waals surface area contributed by atoms with Crippen molar-refractivity contribution in [3.63, 3.8) is 0 Å². The van der Waals surface area contributed by atoms with E-state index in [0.717, 1.165) is 41.6 Å². The van der Waals surface area contributed by atoms with Crippen LogP contribution in [0.1, 0.15) is 24.2 Å². The lowest BCUT2D eigenvalue weighted by atomic mass is 10.3. The number of nitrogens with zero attached hydrogens (tertiary/aromatic N) is 4. The van der Waals surface area contributed by atoms with Crippen LogP contribution in [-0.2, 0) is 19.9 Å². The minimum absolute atomic E-state index is 0.632. The zero-order chi connectivity index (χ0) is 12.3. The smallest absolute Gasteiger partial charge is 0.177 e. The average molecular weight is 251 g/mol. The molecule has 0 amide bonds. The van der Waals surface area contributed by atoms with Crippen molar-refractivity contribution in [1.82, 2.24) is 19.7 Å². The Morgan fingerprint density at radius 2 is 2.18 bits per heavy atom. The molecule has 5 nitrogen and oxygen atoms in total. The Morgan fingerprint density at radius 3 is 2.88 bits per heavy atom. The van der Waals surface area contributed by atoms with E-state index >= 15 is 0 Å². The Labute approximate surface area is 105 Å². The maximum atomic E-state index is 5.52. The third kappa shape index (κ3) is 2.70. The summed E-state index contributed by atoms with van der Waals surface area (Å²) in [6, 6.07) is 0. The van der Waals surface area contributed by atoms with E-state index in [0.29, 0.717) is 6.54 Å². The second-order valence-corrected chi connectivity index (χ2v) is 4.83. The Morgan fingerprint density at radius 1 is 1.35 bits per heavy atom. The molecule has 2 heterocycles. The third-order valence-corrected chi connectivity index (χ3v) is 3.33. The molecule has 0 fully saturated rings. The van der Waals surface area contributed by atoms with Crippen molar-refractivity contribution in [2.45, 2.75) is 26.2 Å². The van der Waals surface area contributed by atoms with E-state index in [9.17, 15) is 0 Å². The molecule has 0 saturated carbocycles. The van der Waals surface area contributed by atoms with Gasteiger partial charge < -0.3 is 5.73 Å². The van der Waals surface area contributed by atoms with Crippen molar-refractivity contribution in [1.29, 1.82) is 0 Å². The van der Waals surface area contributed by atoms with Gasteiger partial charge in [0, 0.05) is 25.3 Å². The predicted octanol–water partition coefficient (Wildman–Crippen LogP) is 1.39. The van der Waals surface area contributed by atoms with Crippen LogP contribution in [0.3, 0.4) is 0 Å². The van der Waals surface area contributed by atoms with Gasteiger partial charge in [-0.3, -0.25) is 0 Å². The molecule has 17 heavy (non-hydrogen) atoms. The lowest BCUT2D eigenvalue weighted by Crippen LogP contribution is -2.02. The van der Waals surface area contributed by atoms with E-state index in [-0.39, 0.29) is 0 Å². The summed E-state index contributed by atoms with van der Waals surface area (Å²) in [6.07, 6.45) is 2.79. The van der Waals surface area contributed by atoms with E-state index in [4.69, 9.17) is 5.73 Å². The molecular weight excluding hydrogens is 234 g/mol. The van der Waals surface area contributed by atoms with Crippen molar-refractivity contribution in [3.8, 4) is 11.5 Å². The van der Waals surface area contributed by atoms with E-state index in [1.54, 1.807) is 16.0 Å². The average Bonchev–Trinajstić information content (AvgIpc) is 2.87. The zero-order valence-corrected chi connectivity index (χ0v) is 11.0. The van der Waals surface area contributed by atoms with Gasteiger partial charge in [0.15, 0.2) is 11.6 Å². The molecule has 0 saturated heterocycles.